The number of amides is 1. The Labute approximate surface area is 197 Å². The fourth-order valence-electron chi connectivity index (χ4n) is 3.64. The zero-order chi connectivity index (χ0) is 24.3. The molecule has 34 heavy (non-hydrogen) atoms. The van der Waals surface area contributed by atoms with Gasteiger partial charge in [-0.1, -0.05) is 41.6 Å². The summed E-state index contributed by atoms with van der Waals surface area (Å²) in [6, 6.07) is 17.7. The predicted molar refractivity (Wildman–Crippen MR) is 128 cm³/mol. The third kappa shape index (κ3) is 5.27. The van der Waals surface area contributed by atoms with Gasteiger partial charge in [-0.15, -0.1) is 0 Å². The first-order chi connectivity index (χ1) is 16.2. The van der Waals surface area contributed by atoms with Crippen molar-refractivity contribution in [1.29, 1.82) is 0 Å². The molecule has 0 atom stereocenters. The molecule has 4 aromatic rings. The first-order valence-electron chi connectivity index (χ1n) is 10.7. The van der Waals surface area contributed by atoms with E-state index in [1.54, 1.807) is 12.1 Å². The molecule has 0 fully saturated rings. The number of nitrogens with one attached hydrogen (secondary N) is 1. The fraction of sp³-hybridized carbons (Fsp3) is 0.200. The number of hydrogen-bond donors (Lipinski definition) is 2. The molecule has 3 N–H and O–H groups in total. The molecule has 1 amide bonds. The average Bonchev–Trinajstić information content (AvgIpc) is 3.13. The molecule has 0 aliphatic rings. The molecule has 0 unspecified atom stereocenters. The fourth-order valence-corrected chi connectivity index (χ4v) is 4.15. The highest BCUT2D eigenvalue weighted by molar-refractivity contribution is 7.89. The van der Waals surface area contributed by atoms with Gasteiger partial charge >= 0.3 is 0 Å². The molecule has 0 saturated heterocycles. The van der Waals surface area contributed by atoms with E-state index in [9.17, 15) is 13.2 Å². The van der Waals surface area contributed by atoms with Crippen molar-refractivity contribution in [2.45, 2.75) is 31.8 Å². The van der Waals surface area contributed by atoms with Gasteiger partial charge in [0, 0.05) is 6.54 Å². The standard InChI is InChI=1S/C25H25N3O5S/c1-16-23(17(2)33-28-16)15-32-24-14-20-6-4-3-5-19(20)13-22(24)25(29)27-12-11-18-7-9-21(10-8-18)34(26,30)31/h3-10,13-14H,11-12,15H2,1-2H3,(H,27,29)(H2,26,30,31). The Morgan fingerprint density at radius 1 is 1.06 bits per heavy atom. The first-order valence-corrected chi connectivity index (χ1v) is 12.2. The third-order valence-electron chi connectivity index (χ3n) is 5.60. The zero-order valence-electron chi connectivity index (χ0n) is 18.9. The van der Waals surface area contributed by atoms with E-state index < -0.39 is 10.0 Å². The van der Waals surface area contributed by atoms with Gasteiger partial charge in [0.25, 0.3) is 5.91 Å². The Kier molecular flexibility index (Phi) is 6.67. The van der Waals surface area contributed by atoms with Crippen molar-refractivity contribution >= 4 is 26.7 Å². The number of aromatic nitrogens is 1. The smallest absolute Gasteiger partial charge is 0.255 e. The second-order valence-corrected chi connectivity index (χ2v) is 9.54. The second kappa shape index (κ2) is 9.66. The number of carbonyl (C=O) groups is 1. The van der Waals surface area contributed by atoms with Crippen molar-refractivity contribution in [2.24, 2.45) is 5.14 Å². The van der Waals surface area contributed by atoms with Gasteiger partial charge in [0.1, 0.15) is 18.1 Å². The van der Waals surface area contributed by atoms with Gasteiger partial charge in [-0.25, -0.2) is 13.6 Å². The van der Waals surface area contributed by atoms with Gasteiger partial charge in [0.2, 0.25) is 10.0 Å². The van der Waals surface area contributed by atoms with Crippen molar-refractivity contribution in [3.63, 3.8) is 0 Å². The minimum atomic E-state index is -3.73. The molecule has 3 aromatic carbocycles. The van der Waals surface area contributed by atoms with Crippen LogP contribution in [0, 0.1) is 13.8 Å². The lowest BCUT2D eigenvalue weighted by molar-refractivity contribution is 0.0950. The van der Waals surface area contributed by atoms with Crippen LogP contribution in [0.4, 0.5) is 0 Å². The number of aryl methyl sites for hydroxylation is 2. The number of hydrogen-bond acceptors (Lipinski definition) is 6. The molecule has 0 radical (unpaired) electrons. The van der Waals surface area contributed by atoms with Crippen molar-refractivity contribution < 1.29 is 22.5 Å². The summed E-state index contributed by atoms with van der Waals surface area (Å²) < 4.78 is 34.0. The number of carbonyl (C=O) groups excluding carboxylic acids is 1. The number of nitrogens with two attached hydrogens (primary N) is 1. The van der Waals surface area contributed by atoms with E-state index in [-0.39, 0.29) is 17.4 Å². The summed E-state index contributed by atoms with van der Waals surface area (Å²) in [6.45, 7) is 4.26. The largest absolute Gasteiger partial charge is 0.488 e. The Hall–Kier alpha value is -3.69. The van der Waals surface area contributed by atoms with Crippen molar-refractivity contribution in [3.8, 4) is 5.75 Å². The Morgan fingerprint density at radius 3 is 2.35 bits per heavy atom. The Bertz CT molecular complexity index is 1420. The SMILES string of the molecule is Cc1noc(C)c1COc1cc2ccccc2cc1C(=O)NCCc1ccc(S(N)(=O)=O)cc1. The summed E-state index contributed by atoms with van der Waals surface area (Å²) in [5.41, 5.74) is 2.90. The summed E-state index contributed by atoms with van der Waals surface area (Å²) in [4.78, 5) is 13.1. The average molecular weight is 480 g/mol. The topological polar surface area (TPSA) is 125 Å². The Balaban J connectivity index is 1.50. The minimum absolute atomic E-state index is 0.0523. The number of sulfonamides is 1. The van der Waals surface area contributed by atoms with E-state index in [4.69, 9.17) is 14.4 Å². The number of nitrogens with zero attached hydrogens (tertiary/aromatic N) is 1. The summed E-state index contributed by atoms with van der Waals surface area (Å²) in [5, 5.41) is 13.9. The van der Waals surface area contributed by atoms with E-state index in [0.29, 0.717) is 30.0 Å². The molecular formula is C25H25N3O5S. The zero-order valence-corrected chi connectivity index (χ0v) is 19.7. The molecule has 4 rings (SSSR count). The number of rotatable bonds is 8. The van der Waals surface area contributed by atoms with Gasteiger partial charge in [-0.2, -0.15) is 0 Å². The summed E-state index contributed by atoms with van der Waals surface area (Å²) in [6.07, 6.45) is 0.527. The minimum Gasteiger partial charge on any atom is -0.488 e. The van der Waals surface area contributed by atoms with Crippen LogP contribution in [-0.2, 0) is 23.1 Å². The number of primary sulfonamides is 1. The quantitative estimate of drug-likeness (QED) is 0.398. The highest BCUT2D eigenvalue weighted by atomic mass is 32.2. The summed E-state index contributed by atoms with van der Waals surface area (Å²) >= 11 is 0. The molecule has 0 aliphatic carbocycles. The maximum atomic E-state index is 13.1. The molecule has 0 spiro atoms. The first kappa shape index (κ1) is 23.5. The van der Waals surface area contributed by atoms with Crippen molar-refractivity contribution in [3.05, 3.63) is 88.8 Å². The van der Waals surface area contributed by atoms with E-state index in [1.807, 2.05) is 50.2 Å². The van der Waals surface area contributed by atoms with E-state index >= 15 is 0 Å². The van der Waals surface area contributed by atoms with Crippen LogP contribution in [-0.4, -0.2) is 26.0 Å². The van der Waals surface area contributed by atoms with E-state index in [0.717, 1.165) is 27.6 Å². The maximum absolute atomic E-state index is 13.1. The van der Waals surface area contributed by atoms with Crippen LogP contribution in [0.2, 0.25) is 0 Å². The highest BCUT2D eigenvalue weighted by Gasteiger charge is 2.16. The lowest BCUT2D eigenvalue weighted by atomic mass is 10.0. The maximum Gasteiger partial charge on any atom is 0.255 e. The predicted octanol–water partition coefficient (Wildman–Crippen LogP) is 3.64. The molecule has 176 valence electrons. The monoisotopic (exact) mass is 479 g/mol. The van der Waals surface area contributed by atoms with Gasteiger partial charge in [-0.05, 0) is 60.9 Å². The Morgan fingerprint density at radius 2 is 1.74 bits per heavy atom. The molecule has 0 bridgehead atoms. The van der Waals surface area contributed by atoms with Crippen LogP contribution in [0.15, 0.2) is 70.1 Å². The normalized spacial score (nSPS) is 11.5. The van der Waals surface area contributed by atoms with Crippen molar-refractivity contribution in [1.82, 2.24) is 10.5 Å². The van der Waals surface area contributed by atoms with Crippen LogP contribution in [0.3, 0.4) is 0 Å². The van der Waals surface area contributed by atoms with Crippen LogP contribution >= 0.6 is 0 Å². The molecule has 1 heterocycles. The molecule has 0 saturated carbocycles. The van der Waals surface area contributed by atoms with Gasteiger partial charge in [0.05, 0.1) is 21.7 Å². The van der Waals surface area contributed by atoms with Crippen LogP contribution in [0.5, 0.6) is 5.75 Å². The van der Waals surface area contributed by atoms with E-state index in [1.165, 1.54) is 12.1 Å². The summed E-state index contributed by atoms with van der Waals surface area (Å²) in [7, 11) is -3.73. The molecule has 1 aromatic heterocycles. The van der Waals surface area contributed by atoms with Crippen LogP contribution in [0.1, 0.15) is 32.9 Å². The molecule has 8 nitrogen and oxygen atoms in total. The van der Waals surface area contributed by atoms with Gasteiger partial charge < -0.3 is 14.6 Å². The lowest BCUT2D eigenvalue weighted by Crippen LogP contribution is -2.26. The number of benzene rings is 3. The summed E-state index contributed by atoms with van der Waals surface area (Å²) in [5.74, 6) is 0.882. The second-order valence-electron chi connectivity index (χ2n) is 7.98. The number of ether oxygens (including phenoxy) is 1. The van der Waals surface area contributed by atoms with Gasteiger partial charge in [-0.3, -0.25) is 4.79 Å². The lowest BCUT2D eigenvalue weighted by Gasteiger charge is -2.14. The van der Waals surface area contributed by atoms with Crippen LogP contribution < -0.4 is 15.2 Å². The number of fused-ring (bicyclic) bond motifs is 1. The van der Waals surface area contributed by atoms with E-state index in [2.05, 4.69) is 10.5 Å². The van der Waals surface area contributed by atoms with Crippen molar-refractivity contribution in [2.75, 3.05) is 6.54 Å². The molecule has 9 heteroatoms. The highest BCUT2D eigenvalue weighted by Crippen LogP contribution is 2.28. The molecule has 0 aliphatic heterocycles. The van der Waals surface area contributed by atoms with Gasteiger partial charge in [0.15, 0.2) is 0 Å². The third-order valence-corrected chi connectivity index (χ3v) is 6.53. The van der Waals surface area contributed by atoms with Crippen LogP contribution in [0.25, 0.3) is 10.8 Å². The molecular weight excluding hydrogens is 454 g/mol.